The number of nitrogens with one attached hydrogen (secondary N) is 2. The van der Waals surface area contributed by atoms with Crippen LogP contribution in [0.2, 0.25) is 0 Å². The van der Waals surface area contributed by atoms with Crippen molar-refractivity contribution in [1.29, 1.82) is 0 Å². The fourth-order valence-corrected chi connectivity index (χ4v) is 6.28. The molecule has 1 aliphatic carbocycles. The first-order chi connectivity index (χ1) is 18.2. The van der Waals surface area contributed by atoms with Crippen LogP contribution >= 0.6 is 23.6 Å². The van der Waals surface area contributed by atoms with Crippen LogP contribution in [0.15, 0.2) is 54.6 Å². The molecule has 1 heterocycles. The molecule has 0 radical (unpaired) electrons. The predicted molar refractivity (Wildman–Crippen MR) is 156 cm³/mol. The summed E-state index contributed by atoms with van der Waals surface area (Å²) in [7, 11) is 1.38. The Morgan fingerprint density at radius 3 is 2.58 bits per heavy atom. The smallest absolute Gasteiger partial charge is 0.341 e. The molecule has 4 rings (SSSR count). The van der Waals surface area contributed by atoms with Gasteiger partial charge in [-0.15, -0.1) is 11.3 Å². The van der Waals surface area contributed by atoms with E-state index in [1.165, 1.54) is 28.9 Å². The zero-order valence-electron chi connectivity index (χ0n) is 22.3. The molecular weight excluding hydrogens is 516 g/mol. The Labute approximate surface area is 233 Å². The minimum absolute atomic E-state index is 0.126. The molecule has 0 spiro atoms. The van der Waals surface area contributed by atoms with Gasteiger partial charge in [-0.05, 0) is 72.1 Å². The van der Waals surface area contributed by atoms with E-state index in [4.69, 9.17) is 21.7 Å². The Kier molecular flexibility index (Phi) is 8.84. The standard InChI is InChI=1S/C30H34N2O4S2/c1-30(2,3)21-13-14-23-24(18-21)38-27(25(23)28(34)35-4)32-29(37)31-26(33)20-11-8-12-22(17-20)36-16-15-19-9-6-5-7-10-19/h5-12,17,21H,13-16,18H2,1-4H3,(H2,31,32,33,37). The summed E-state index contributed by atoms with van der Waals surface area (Å²) in [6.45, 7) is 7.27. The third-order valence-electron chi connectivity index (χ3n) is 6.93. The monoisotopic (exact) mass is 550 g/mol. The van der Waals surface area contributed by atoms with Crippen molar-refractivity contribution in [3.8, 4) is 5.75 Å². The largest absolute Gasteiger partial charge is 0.493 e. The Morgan fingerprint density at radius 1 is 1.11 bits per heavy atom. The summed E-state index contributed by atoms with van der Waals surface area (Å²) in [5.41, 5.74) is 3.35. The van der Waals surface area contributed by atoms with E-state index in [0.29, 0.717) is 34.4 Å². The zero-order valence-corrected chi connectivity index (χ0v) is 23.9. The highest BCUT2D eigenvalue weighted by Crippen LogP contribution is 2.44. The van der Waals surface area contributed by atoms with Gasteiger partial charge in [-0.25, -0.2) is 4.79 Å². The van der Waals surface area contributed by atoms with E-state index in [1.54, 1.807) is 18.2 Å². The second-order valence-corrected chi connectivity index (χ2v) is 12.0. The second kappa shape index (κ2) is 12.1. The van der Waals surface area contributed by atoms with Gasteiger partial charge in [0.25, 0.3) is 5.91 Å². The van der Waals surface area contributed by atoms with Crippen molar-refractivity contribution in [2.45, 2.75) is 46.5 Å². The number of thiophene rings is 1. The number of hydrogen-bond acceptors (Lipinski definition) is 6. The van der Waals surface area contributed by atoms with Crippen LogP contribution in [0.25, 0.3) is 0 Å². The van der Waals surface area contributed by atoms with Gasteiger partial charge < -0.3 is 14.8 Å². The van der Waals surface area contributed by atoms with E-state index >= 15 is 0 Å². The van der Waals surface area contributed by atoms with Crippen LogP contribution < -0.4 is 15.4 Å². The van der Waals surface area contributed by atoms with Gasteiger partial charge in [0.05, 0.1) is 19.3 Å². The average Bonchev–Trinajstić information content (AvgIpc) is 3.25. The van der Waals surface area contributed by atoms with Gasteiger partial charge in [-0.1, -0.05) is 57.2 Å². The highest BCUT2D eigenvalue weighted by molar-refractivity contribution is 7.80. The number of carbonyl (C=O) groups excluding carboxylic acids is 2. The number of rotatable bonds is 7. The third kappa shape index (κ3) is 6.79. The lowest BCUT2D eigenvalue weighted by Crippen LogP contribution is -2.34. The maximum absolute atomic E-state index is 12.9. The minimum Gasteiger partial charge on any atom is -0.493 e. The molecule has 2 N–H and O–H groups in total. The van der Waals surface area contributed by atoms with Crippen LogP contribution in [0.4, 0.5) is 5.00 Å². The SMILES string of the molecule is COC(=O)c1c(NC(=S)NC(=O)c2cccc(OCCc3ccccc3)c2)sc2c1CCC(C(C)(C)C)C2. The molecule has 1 aliphatic rings. The third-order valence-corrected chi connectivity index (χ3v) is 8.31. The second-order valence-electron chi connectivity index (χ2n) is 10.5. The molecule has 8 heteroatoms. The summed E-state index contributed by atoms with van der Waals surface area (Å²) in [4.78, 5) is 26.8. The maximum Gasteiger partial charge on any atom is 0.341 e. The van der Waals surface area contributed by atoms with Crippen LogP contribution in [0.5, 0.6) is 5.75 Å². The molecule has 1 atom stereocenters. The van der Waals surface area contributed by atoms with E-state index in [0.717, 1.165) is 31.2 Å². The molecule has 0 bridgehead atoms. The Morgan fingerprint density at radius 2 is 1.87 bits per heavy atom. The summed E-state index contributed by atoms with van der Waals surface area (Å²) < 4.78 is 10.9. The van der Waals surface area contributed by atoms with Crippen LogP contribution in [-0.2, 0) is 24.0 Å². The number of ether oxygens (including phenoxy) is 2. The van der Waals surface area contributed by atoms with E-state index in [9.17, 15) is 9.59 Å². The molecule has 0 saturated heterocycles. The number of methoxy groups -OCH3 is 1. The van der Waals surface area contributed by atoms with Crippen molar-refractivity contribution in [2.75, 3.05) is 19.0 Å². The summed E-state index contributed by atoms with van der Waals surface area (Å²) in [5.74, 6) is 0.388. The number of benzene rings is 2. The van der Waals surface area contributed by atoms with Gasteiger partial charge in [0.15, 0.2) is 5.11 Å². The molecule has 2 aromatic carbocycles. The van der Waals surface area contributed by atoms with Crippen molar-refractivity contribution in [1.82, 2.24) is 5.32 Å². The first kappa shape index (κ1) is 27.8. The van der Waals surface area contributed by atoms with E-state index < -0.39 is 5.97 Å². The zero-order chi connectivity index (χ0) is 27.3. The number of carbonyl (C=O) groups is 2. The Balaban J connectivity index is 1.41. The molecule has 0 fully saturated rings. The molecule has 3 aromatic rings. The van der Waals surface area contributed by atoms with Gasteiger partial charge in [0, 0.05) is 16.9 Å². The van der Waals surface area contributed by atoms with Crippen molar-refractivity contribution >= 4 is 45.5 Å². The molecule has 0 aliphatic heterocycles. The molecule has 1 aromatic heterocycles. The molecule has 6 nitrogen and oxygen atoms in total. The molecule has 38 heavy (non-hydrogen) atoms. The highest BCUT2D eigenvalue weighted by atomic mass is 32.1. The number of anilines is 1. The lowest BCUT2D eigenvalue weighted by atomic mass is 9.72. The normalized spacial score (nSPS) is 14.8. The predicted octanol–water partition coefficient (Wildman–Crippen LogP) is 6.43. The molecule has 1 unspecified atom stereocenters. The van der Waals surface area contributed by atoms with E-state index in [-0.39, 0.29) is 16.4 Å². The number of hydrogen-bond donors (Lipinski definition) is 2. The van der Waals surface area contributed by atoms with Crippen molar-refractivity contribution in [3.05, 3.63) is 81.7 Å². The van der Waals surface area contributed by atoms with Crippen LogP contribution in [0.3, 0.4) is 0 Å². The van der Waals surface area contributed by atoms with E-state index in [2.05, 4.69) is 43.5 Å². The first-order valence-electron chi connectivity index (χ1n) is 12.8. The highest BCUT2D eigenvalue weighted by Gasteiger charge is 2.34. The number of amides is 1. The fraction of sp³-hybridized carbons (Fsp3) is 0.367. The first-order valence-corrected chi connectivity index (χ1v) is 14.0. The van der Waals surface area contributed by atoms with Gasteiger partial charge in [-0.3, -0.25) is 10.1 Å². The maximum atomic E-state index is 12.9. The van der Waals surface area contributed by atoms with Gasteiger partial charge in [0.1, 0.15) is 10.8 Å². The number of fused-ring (bicyclic) bond motifs is 1. The summed E-state index contributed by atoms with van der Waals surface area (Å²) >= 11 is 6.97. The van der Waals surface area contributed by atoms with Crippen molar-refractivity contribution in [2.24, 2.45) is 11.3 Å². The number of esters is 1. The van der Waals surface area contributed by atoms with Gasteiger partial charge in [-0.2, -0.15) is 0 Å². The van der Waals surface area contributed by atoms with Gasteiger partial charge >= 0.3 is 5.97 Å². The Bertz CT molecular complexity index is 1310. The quantitative estimate of drug-likeness (QED) is 0.261. The lowest BCUT2D eigenvalue weighted by molar-refractivity contribution is 0.0600. The number of thiocarbonyl (C=S) groups is 1. The summed E-state index contributed by atoms with van der Waals surface area (Å²) in [5, 5.41) is 6.56. The Hall–Kier alpha value is -3.23. The average molecular weight is 551 g/mol. The molecule has 0 saturated carbocycles. The molecular formula is C30H34N2O4S2. The summed E-state index contributed by atoms with van der Waals surface area (Å²) in [6.07, 6.45) is 3.51. The summed E-state index contributed by atoms with van der Waals surface area (Å²) in [6, 6.07) is 17.1. The van der Waals surface area contributed by atoms with Crippen LogP contribution in [-0.4, -0.2) is 30.7 Å². The van der Waals surface area contributed by atoms with Gasteiger partial charge in [0.2, 0.25) is 0 Å². The van der Waals surface area contributed by atoms with Crippen molar-refractivity contribution < 1.29 is 19.1 Å². The van der Waals surface area contributed by atoms with E-state index in [1.807, 2.05) is 24.3 Å². The van der Waals surface area contributed by atoms with Crippen molar-refractivity contribution in [3.63, 3.8) is 0 Å². The topological polar surface area (TPSA) is 76.7 Å². The van der Waals surface area contributed by atoms with Crippen LogP contribution in [0.1, 0.15) is 63.9 Å². The van der Waals surface area contributed by atoms with Crippen LogP contribution in [0, 0.1) is 11.3 Å². The molecule has 1 amide bonds. The lowest BCUT2D eigenvalue weighted by Gasteiger charge is -2.33. The minimum atomic E-state index is -0.395. The fourth-order valence-electron chi connectivity index (χ4n) is 4.70. The molecule has 200 valence electrons.